The number of amides is 1. The van der Waals surface area contributed by atoms with Crippen LogP contribution < -0.4 is 10.1 Å². The van der Waals surface area contributed by atoms with Gasteiger partial charge in [-0.1, -0.05) is 18.2 Å². The average Bonchev–Trinajstić information content (AvgIpc) is 2.54. The van der Waals surface area contributed by atoms with Gasteiger partial charge in [-0.15, -0.1) is 0 Å². The molecule has 0 bridgehead atoms. The molecule has 0 spiro atoms. The number of fused-ring (bicyclic) bond motifs is 1. The van der Waals surface area contributed by atoms with E-state index in [0.29, 0.717) is 23.8 Å². The Hall–Kier alpha value is -2.40. The fourth-order valence-electron chi connectivity index (χ4n) is 2.39. The molecule has 5 heteroatoms. The Morgan fingerprint density at radius 1 is 1.23 bits per heavy atom. The molecule has 3 rings (SSSR count). The van der Waals surface area contributed by atoms with Crippen molar-refractivity contribution in [1.29, 1.82) is 0 Å². The van der Waals surface area contributed by atoms with Crippen LogP contribution in [-0.4, -0.2) is 22.5 Å². The predicted octanol–water partition coefficient (Wildman–Crippen LogP) is 3.44. The van der Waals surface area contributed by atoms with E-state index in [2.05, 4.69) is 5.32 Å². The van der Waals surface area contributed by atoms with E-state index in [-0.39, 0.29) is 5.91 Å². The highest BCUT2D eigenvalue weighted by Crippen LogP contribution is 2.24. The van der Waals surface area contributed by atoms with Gasteiger partial charge >= 0.3 is 0 Å². The van der Waals surface area contributed by atoms with Crippen molar-refractivity contribution in [2.45, 2.75) is 13.5 Å². The van der Waals surface area contributed by atoms with Crippen molar-refractivity contribution in [1.82, 2.24) is 4.90 Å². The van der Waals surface area contributed by atoms with E-state index < -0.39 is 0 Å². The number of thiocarbonyl (C=S) groups is 1. The van der Waals surface area contributed by atoms with Crippen LogP contribution in [0.15, 0.2) is 48.5 Å². The highest BCUT2D eigenvalue weighted by molar-refractivity contribution is 7.80. The molecule has 0 atom stereocenters. The van der Waals surface area contributed by atoms with Crippen molar-refractivity contribution in [3.05, 3.63) is 59.7 Å². The van der Waals surface area contributed by atoms with Crippen LogP contribution in [0.3, 0.4) is 0 Å². The summed E-state index contributed by atoms with van der Waals surface area (Å²) in [6.07, 6.45) is 0. The van der Waals surface area contributed by atoms with Crippen LogP contribution >= 0.6 is 12.2 Å². The Balaban J connectivity index is 1.81. The van der Waals surface area contributed by atoms with Crippen LogP contribution in [0.25, 0.3) is 0 Å². The maximum absolute atomic E-state index is 12.6. The minimum atomic E-state index is -0.116. The first-order chi connectivity index (χ1) is 10.7. The van der Waals surface area contributed by atoms with Crippen LogP contribution in [0.5, 0.6) is 5.75 Å². The van der Waals surface area contributed by atoms with Crippen molar-refractivity contribution in [3.8, 4) is 5.75 Å². The van der Waals surface area contributed by atoms with E-state index in [1.807, 2.05) is 31.2 Å². The molecule has 0 unspecified atom stereocenters. The van der Waals surface area contributed by atoms with E-state index in [4.69, 9.17) is 17.0 Å². The van der Waals surface area contributed by atoms with E-state index in [0.717, 1.165) is 17.0 Å². The summed E-state index contributed by atoms with van der Waals surface area (Å²) in [5.74, 6) is 0.638. The van der Waals surface area contributed by atoms with Gasteiger partial charge in [0.2, 0.25) is 0 Å². The topological polar surface area (TPSA) is 41.6 Å². The standard InChI is InChI=1S/C17H16N2O2S/c1-2-21-14-9-7-12(8-10-14)16(20)19-11-13-5-3-4-6-15(13)18-17(19)22/h3-10H,2,11H2,1H3,(H,18,22). The van der Waals surface area contributed by atoms with Gasteiger partial charge in [-0.25, -0.2) is 0 Å². The number of hydrogen-bond acceptors (Lipinski definition) is 3. The van der Waals surface area contributed by atoms with Crippen LogP contribution in [0.4, 0.5) is 5.69 Å². The molecule has 112 valence electrons. The fraction of sp³-hybridized carbons (Fsp3) is 0.176. The molecular weight excluding hydrogens is 296 g/mol. The summed E-state index contributed by atoms with van der Waals surface area (Å²) >= 11 is 5.32. The van der Waals surface area contributed by atoms with E-state index in [1.54, 1.807) is 29.2 Å². The van der Waals surface area contributed by atoms with Gasteiger partial charge in [0.1, 0.15) is 5.75 Å². The molecule has 1 aliphatic heterocycles. The molecule has 1 amide bonds. The first-order valence-corrected chi connectivity index (χ1v) is 7.53. The van der Waals surface area contributed by atoms with E-state index in [9.17, 15) is 4.79 Å². The average molecular weight is 312 g/mol. The summed E-state index contributed by atoms with van der Waals surface area (Å²) in [6, 6.07) is 15.0. The number of para-hydroxylation sites is 1. The number of anilines is 1. The molecule has 0 aliphatic carbocycles. The molecule has 4 nitrogen and oxygen atoms in total. The molecule has 2 aromatic rings. The third kappa shape index (κ3) is 2.80. The number of ether oxygens (including phenoxy) is 1. The molecule has 0 fully saturated rings. The Morgan fingerprint density at radius 2 is 1.95 bits per heavy atom. The van der Waals surface area contributed by atoms with Crippen molar-refractivity contribution in [3.63, 3.8) is 0 Å². The molecule has 1 aliphatic rings. The monoisotopic (exact) mass is 312 g/mol. The lowest BCUT2D eigenvalue weighted by Crippen LogP contribution is -2.42. The SMILES string of the molecule is CCOc1ccc(C(=O)N2Cc3ccccc3NC2=S)cc1. The molecule has 0 saturated heterocycles. The zero-order valence-corrected chi connectivity index (χ0v) is 13.0. The van der Waals surface area contributed by atoms with Gasteiger partial charge < -0.3 is 10.1 Å². The van der Waals surface area contributed by atoms with Crippen LogP contribution in [-0.2, 0) is 6.54 Å². The van der Waals surface area contributed by atoms with Gasteiger partial charge in [-0.2, -0.15) is 0 Å². The minimum absolute atomic E-state index is 0.116. The summed E-state index contributed by atoms with van der Waals surface area (Å²) in [4.78, 5) is 14.2. The highest BCUT2D eigenvalue weighted by Gasteiger charge is 2.25. The maximum Gasteiger partial charge on any atom is 0.260 e. The fourth-order valence-corrected chi connectivity index (χ4v) is 2.64. The summed E-state index contributed by atoms with van der Waals surface area (Å²) in [6.45, 7) is 3.01. The van der Waals surface area contributed by atoms with Crippen molar-refractivity contribution in [2.75, 3.05) is 11.9 Å². The van der Waals surface area contributed by atoms with E-state index >= 15 is 0 Å². The third-order valence-electron chi connectivity index (χ3n) is 3.49. The number of nitrogens with zero attached hydrogens (tertiary/aromatic N) is 1. The molecule has 2 aromatic carbocycles. The lowest BCUT2D eigenvalue weighted by Gasteiger charge is -2.30. The second kappa shape index (κ2) is 6.15. The molecule has 1 N–H and O–H groups in total. The predicted molar refractivity (Wildman–Crippen MR) is 90.1 cm³/mol. The first-order valence-electron chi connectivity index (χ1n) is 7.12. The molecule has 1 heterocycles. The second-order valence-corrected chi connectivity index (χ2v) is 5.32. The minimum Gasteiger partial charge on any atom is -0.494 e. The van der Waals surface area contributed by atoms with Crippen LogP contribution in [0, 0.1) is 0 Å². The lowest BCUT2D eigenvalue weighted by atomic mass is 10.1. The molecule has 22 heavy (non-hydrogen) atoms. The lowest BCUT2D eigenvalue weighted by molar-refractivity contribution is 0.0841. The van der Waals surface area contributed by atoms with Crippen LogP contribution in [0.1, 0.15) is 22.8 Å². The Labute approximate surface area is 134 Å². The largest absolute Gasteiger partial charge is 0.494 e. The highest BCUT2D eigenvalue weighted by atomic mass is 32.1. The zero-order chi connectivity index (χ0) is 15.5. The van der Waals surface area contributed by atoms with Gasteiger partial charge in [-0.05, 0) is 55.0 Å². The maximum atomic E-state index is 12.6. The normalized spacial score (nSPS) is 13.3. The van der Waals surface area contributed by atoms with Gasteiger partial charge in [0, 0.05) is 11.3 Å². The molecular formula is C17H16N2O2S. The van der Waals surface area contributed by atoms with Gasteiger partial charge in [-0.3, -0.25) is 9.69 Å². The number of nitrogens with one attached hydrogen (secondary N) is 1. The second-order valence-electron chi connectivity index (χ2n) is 4.94. The Morgan fingerprint density at radius 3 is 2.68 bits per heavy atom. The Kier molecular flexibility index (Phi) is 4.06. The summed E-state index contributed by atoms with van der Waals surface area (Å²) in [5.41, 5.74) is 2.60. The van der Waals surface area contributed by atoms with Crippen molar-refractivity contribution in [2.24, 2.45) is 0 Å². The number of benzene rings is 2. The molecule has 0 aromatic heterocycles. The molecule has 0 radical (unpaired) electrons. The van der Waals surface area contributed by atoms with Gasteiger partial charge in [0.05, 0.1) is 13.2 Å². The smallest absolute Gasteiger partial charge is 0.260 e. The molecule has 0 saturated carbocycles. The summed E-state index contributed by atoms with van der Waals surface area (Å²) < 4.78 is 5.39. The number of rotatable bonds is 3. The number of carbonyl (C=O) groups excluding carboxylic acids is 1. The van der Waals surface area contributed by atoms with Gasteiger partial charge in [0.15, 0.2) is 5.11 Å². The van der Waals surface area contributed by atoms with Gasteiger partial charge in [0.25, 0.3) is 5.91 Å². The van der Waals surface area contributed by atoms with E-state index in [1.165, 1.54) is 0 Å². The summed E-state index contributed by atoms with van der Waals surface area (Å²) in [7, 11) is 0. The van der Waals surface area contributed by atoms with Crippen molar-refractivity contribution >= 4 is 28.9 Å². The Bertz CT molecular complexity index is 713. The quantitative estimate of drug-likeness (QED) is 0.882. The number of carbonyl (C=O) groups is 1. The first kappa shape index (κ1) is 14.5. The van der Waals surface area contributed by atoms with Crippen molar-refractivity contribution < 1.29 is 9.53 Å². The third-order valence-corrected chi connectivity index (χ3v) is 3.81. The zero-order valence-electron chi connectivity index (χ0n) is 12.2. The van der Waals surface area contributed by atoms with Crippen LogP contribution in [0.2, 0.25) is 0 Å². The summed E-state index contributed by atoms with van der Waals surface area (Å²) in [5, 5.41) is 3.53. The number of hydrogen-bond donors (Lipinski definition) is 1.